The second-order valence-corrected chi connectivity index (χ2v) is 6.86. The number of rotatable bonds is 2. The molecule has 116 valence electrons. The summed E-state index contributed by atoms with van der Waals surface area (Å²) in [7, 11) is 0. The molecule has 2 unspecified atom stereocenters. The van der Waals surface area contributed by atoms with Crippen LogP contribution in [-0.2, 0) is 9.59 Å². The predicted molar refractivity (Wildman–Crippen MR) is 84.2 cm³/mol. The Morgan fingerprint density at radius 2 is 2.14 bits per heavy atom. The Morgan fingerprint density at radius 3 is 2.86 bits per heavy atom. The Kier molecular flexibility index (Phi) is 3.39. The highest BCUT2D eigenvalue weighted by Crippen LogP contribution is 2.35. The lowest BCUT2D eigenvalue weighted by molar-refractivity contribution is -0.132. The smallest absolute Gasteiger partial charge is 0.237 e. The van der Waals surface area contributed by atoms with Crippen molar-refractivity contribution >= 4 is 28.4 Å². The van der Waals surface area contributed by atoms with Crippen LogP contribution in [0.15, 0.2) is 24.4 Å². The number of aromatic nitrogens is 2. The lowest BCUT2D eigenvalue weighted by Gasteiger charge is -2.29. The zero-order chi connectivity index (χ0) is 15.9. The van der Waals surface area contributed by atoms with Crippen LogP contribution in [0.5, 0.6) is 0 Å². The molecule has 1 aromatic carbocycles. The molecule has 3 N–H and O–H groups in total. The highest BCUT2D eigenvalue weighted by atomic mass is 16.2. The highest BCUT2D eigenvalue weighted by molar-refractivity contribution is 6.08. The lowest BCUT2D eigenvalue weighted by Crippen LogP contribution is -2.37. The standard InChI is InChI=1S/C16H20N4O2/c1-16(2,3)11-8-17-14(21)13(11)15(22)19-10-5-4-9-7-18-20-12(9)6-10/h4-7,11,13H,8H2,1-3H3,(H,17,21)(H,18,20)(H,19,22). The number of anilines is 1. The summed E-state index contributed by atoms with van der Waals surface area (Å²) in [6.45, 7) is 6.69. The molecule has 6 nitrogen and oxygen atoms in total. The Labute approximate surface area is 128 Å². The second kappa shape index (κ2) is 5.12. The molecule has 6 heteroatoms. The van der Waals surface area contributed by atoms with E-state index in [0.717, 1.165) is 10.9 Å². The van der Waals surface area contributed by atoms with Gasteiger partial charge < -0.3 is 10.6 Å². The minimum absolute atomic E-state index is 0.0177. The van der Waals surface area contributed by atoms with Crippen molar-refractivity contribution in [2.24, 2.45) is 17.3 Å². The molecule has 2 heterocycles. The second-order valence-electron chi connectivity index (χ2n) is 6.86. The number of carbonyl (C=O) groups is 2. The number of nitrogens with zero attached hydrogens (tertiary/aromatic N) is 1. The topological polar surface area (TPSA) is 86.9 Å². The van der Waals surface area contributed by atoms with E-state index in [9.17, 15) is 9.59 Å². The Bertz CT molecular complexity index is 729. The normalized spacial score (nSPS) is 21.9. The van der Waals surface area contributed by atoms with Crippen LogP contribution in [0.25, 0.3) is 10.9 Å². The van der Waals surface area contributed by atoms with Crippen LogP contribution in [-0.4, -0.2) is 28.6 Å². The third kappa shape index (κ3) is 2.56. The predicted octanol–water partition coefficient (Wildman–Crippen LogP) is 1.91. The Hall–Kier alpha value is -2.37. The van der Waals surface area contributed by atoms with Gasteiger partial charge >= 0.3 is 0 Å². The number of carbonyl (C=O) groups excluding carboxylic acids is 2. The molecule has 1 aliphatic heterocycles. The molecule has 1 saturated heterocycles. The van der Waals surface area contributed by atoms with Gasteiger partial charge in [-0.1, -0.05) is 20.8 Å². The summed E-state index contributed by atoms with van der Waals surface area (Å²) < 4.78 is 0. The number of H-pyrrole nitrogens is 1. The van der Waals surface area contributed by atoms with Crippen molar-refractivity contribution in [1.82, 2.24) is 15.5 Å². The van der Waals surface area contributed by atoms with E-state index < -0.39 is 5.92 Å². The van der Waals surface area contributed by atoms with Crippen molar-refractivity contribution in [3.63, 3.8) is 0 Å². The molecule has 0 aliphatic carbocycles. The molecule has 22 heavy (non-hydrogen) atoms. The maximum Gasteiger partial charge on any atom is 0.237 e. The summed E-state index contributed by atoms with van der Waals surface area (Å²) in [5.74, 6) is -1.12. The highest BCUT2D eigenvalue weighted by Gasteiger charge is 2.45. The summed E-state index contributed by atoms with van der Waals surface area (Å²) in [5.41, 5.74) is 1.39. The van der Waals surface area contributed by atoms with Crippen LogP contribution in [0.4, 0.5) is 5.69 Å². The number of hydrogen-bond donors (Lipinski definition) is 3. The zero-order valence-electron chi connectivity index (χ0n) is 12.9. The fraction of sp³-hybridized carbons (Fsp3) is 0.438. The number of hydrogen-bond acceptors (Lipinski definition) is 3. The molecule has 2 amide bonds. The van der Waals surface area contributed by atoms with Crippen molar-refractivity contribution < 1.29 is 9.59 Å². The lowest BCUT2D eigenvalue weighted by atomic mass is 9.74. The van der Waals surface area contributed by atoms with Crippen molar-refractivity contribution in [3.8, 4) is 0 Å². The molecule has 0 bridgehead atoms. The van der Waals surface area contributed by atoms with Gasteiger partial charge in [0, 0.05) is 23.5 Å². The maximum atomic E-state index is 12.6. The van der Waals surface area contributed by atoms with Gasteiger partial charge in [0.05, 0.1) is 11.7 Å². The number of aromatic amines is 1. The molecule has 1 fully saturated rings. The van der Waals surface area contributed by atoms with Gasteiger partial charge in [0.25, 0.3) is 0 Å². The van der Waals surface area contributed by atoms with E-state index in [0.29, 0.717) is 12.2 Å². The monoisotopic (exact) mass is 300 g/mol. The summed E-state index contributed by atoms with van der Waals surface area (Å²) in [4.78, 5) is 24.6. The van der Waals surface area contributed by atoms with Crippen molar-refractivity contribution in [2.45, 2.75) is 20.8 Å². The minimum Gasteiger partial charge on any atom is -0.355 e. The minimum atomic E-state index is -0.655. The van der Waals surface area contributed by atoms with Gasteiger partial charge in [0.2, 0.25) is 11.8 Å². The van der Waals surface area contributed by atoms with Crippen LogP contribution in [0.1, 0.15) is 20.8 Å². The first kappa shape index (κ1) is 14.6. The summed E-state index contributed by atoms with van der Waals surface area (Å²) in [6.07, 6.45) is 1.72. The van der Waals surface area contributed by atoms with Crippen LogP contribution >= 0.6 is 0 Å². The maximum absolute atomic E-state index is 12.6. The van der Waals surface area contributed by atoms with Crippen molar-refractivity contribution in [3.05, 3.63) is 24.4 Å². The molecule has 2 atom stereocenters. The van der Waals surface area contributed by atoms with E-state index in [4.69, 9.17) is 0 Å². The molecule has 0 saturated carbocycles. The number of fused-ring (bicyclic) bond motifs is 1. The molecule has 2 aromatic rings. The van der Waals surface area contributed by atoms with E-state index >= 15 is 0 Å². The van der Waals surface area contributed by atoms with E-state index in [1.165, 1.54) is 0 Å². The van der Waals surface area contributed by atoms with Gasteiger partial charge in [-0.25, -0.2) is 0 Å². The van der Waals surface area contributed by atoms with Crippen molar-refractivity contribution in [2.75, 3.05) is 11.9 Å². The summed E-state index contributed by atoms with van der Waals surface area (Å²) >= 11 is 0. The molecular weight excluding hydrogens is 280 g/mol. The van der Waals surface area contributed by atoms with E-state index in [1.807, 2.05) is 18.2 Å². The first-order chi connectivity index (χ1) is 10.4. The first-order valence-electron chi connectivity index (χ1n) is 7.38. The molecule has 0 radical (unpaired) electrons. The largest absolute Gasteiger partial charge is 0.355 e. The molecule has 1 aromatic heterocycles. The first-order valence-corrected chi connectivity index (χ1v) is 7.38. The zero-order valence-corrected chi connectivity index (χ0v) is 12.9. The average molecular weight is 300 g/mol. The Balaban J connectivity index is 1.81. The van der Waals surface area contributed by atoms with Crippen LogP contribution < -0.4 is 10.6 Å². The number of amides is 2. The van der Waals surface area contributed by atoms with Crippen LogP contribution in [0, 0.1) is 17.3 Å². The van der Waals surface area contributed by atoms with Gasteiger partial charge in [-0.05, 0) is 23.6 Å². The van der Waals surface area contributed by atoms with Gasteiger partial charge in [0.15, 0.2) is 0 Å². The average Bonchev–Trinajstić information content (AvgIpc) is 3.03. The van der Waals surface area contributed by atoms with Gasteiger partial charge in [-0.2, -0.15) is 5.10 Å². The molecule has 0 spiro atoms. The Morgan fingerprint density at radius 1 is 1.36 bits per heavy atom. The SMILES string of the molecule is CC(C)(C)C1CNC(=O)C1C(=O)Nc1ccc2cn[nH]c2c1. The number of benzene rings is 1. The third-order valence-corrected chi connectivity index (χ3v) is 4.29. The fourth-order valence-electron chi connectivity index (χ4n) is 2.96. The quantitative estimate of drug-likeness (QED) is 0.740. The van der Waals surface area contributed by atoms with E-state index in [1.54, 1.807) is 6.20 Å². The summed E-state index contributed by atoms with van der Waals surface area (Å²) in [6, 6.07) is 5.51. The fourth-order valence-corrected chi connectivity index (χ4v) is 2.96. The van der Waals surface area contributed by atoms with Gasteiger partial charge in [-0.3, -0.25) is 14.7 Å². The third-order valence-electron chi connectivity index (χ3n) is 4.29. The van der Waals surface area contributed by atoms with Crippen LogP contribution in [0.3, 0.4) is 0 Å². The number of nitrogens with one attached hydrogen (secondary N) is 3. The molecular formula is C16H20N4O2. The van der Waals surface area contributed by atoms with Crippen LogP contribution in [0.2, 0.25) is 0 Å². The molecule has 3 rings (SSSR count). The van der Waals surface area contributed by atoms with Gasteiger partial charge in [0.1, 0.15) is 5.92 Å². The molecule has 1 aliphatic rings. The van der Waals surface area contributed by atoms with Crippen molar-refractivity contribution in [1.29, 1.82) is 0 Å². The van der Waals surface area contributed by atoms with E-state index in [2.05, 4.69) is 41.6 Å². The van der Waals surface area contributed by atoms with Gasteiger partial charge in [-0.15, -0.1) is 0 Å². The van der Waals surface area contributed by atoms with E-state index in [-0.39, 0.29) is 23.1 Å². The summed E-state index contributed by atoms with van der Waals surface area (Å²) in [5, 5.41) is 13.4.